The molecule has 8 heteroatoms. The molecule has 0 heterocycles. The van der Waals surface area contributed by atoms with Gasteiger partial charge in [-0.1, -0.05) is 6.92 Å². The zero-order valence-electron chi connectivity index (χ0n) is 10.2. The Bertz CT molecular complexity index is 470. The maximum atomic E-state index is 13.7. The van der Waals surface area contributed by atoms with Gasteiger partial charge in [-0.3, -0.25) is 10.1 Å². The fourth-order valence-electron chi connectivity index (χ4n) is 1.52. The van der Waals surface area contributed by atoms with E-state index in [0.717, 1.165) is 6.07 Å². The summed E-state index contributed by atoms with van der Waals surface area (Å²) in [6.45, 7) is 0.405. The fourth-order valence-corrected chi connectivity index (χ4v) is 1.52. The number of aliphatic hydroxyl groups excluding tert-OH is 2. The molecular weight excluding hydrogens is 262 g/mol. The molecule has 0 aliphatic heterocycles. The largest absolute Gasteiger partial charge is 0.394 e. The van der Waals surface area contributed by atoms with E-state index < -0.39 is 46.7 Å². The summed E-state index contributed by atoms with van der Waals surface area (Å²) in [6.07, 6.45) is 0.160. The predicted octanol–water partition coefficient (Wildman–Crippen LogP) is 1.42. The van der Waals surface area contributed by atoms with Crippen molar-refractivity contribution in [2.75, 3.05) is 18.5 Å². The van der Waals surface area contributed by atoms with Crippen LogP contribution in [-0.2, 0) is 0 Å². The van der Waals surface area contributed by atoms with Crippen molar-refractivity contribution in [1.29, 1.82) is 0 Å². The van der Waals surface area contributed by atoms with Crippen molar-refractivity contribution in [3.05, 3.63) is 33.9 Å². The molecule has 0 fully saturated rings. The predicted molar refractivity (Wildman–Crippen MR) is 63.8 cm³/mol. The lowest BCUT2D eigenvalue weighted by Crippen LogP contribution is -2.45. The van der Waals surface area contributed by atoms with Gasteiger partial charge >= 0.3 is 0 Å². The number of nitrogens with one attached hydrogen (secondary N) is 1. The number of nitro benzene ring substituents is 1. The molecule has 0 unspecified atom stereocenters. The SMILES string of the molecule is CCC(CO)(CO)Nc1c([N+](=O)[O-])ccc(F)c1F. The summed E-state index contributed by atoms with van der Waals surface area (Å²) in [4.78, 5) is 9.91. The Balaban J connectivity index is 3.32. The van der Waals surface area contributed by atoms with Crippen molar-refractivity contribution < 1.29 is 23.9 Å². The molecule has 0 spiro atoms. The molecule has 0 aliphatic rings. The summed E-state index contributed by atoms with van der Waals surface area (Å²) in [5, 5.41) is 31.6. The topological polar surface area (TPSA) is 95.6 Å². The molecule has 0 aliphatic carbocycles. The average Bonchev–Trinajstić information content (AvgIpc) is 2.40. The Morgan fingerprint density at radius 1 is 1.37 bits per heavy atom. The molecule has 0 bridgehead atoms. The van der Waals surface area contributed by atoms with Crippen molar-refractivity contribution in [1.82, 2.24) is 0 Å². The second-order valence-corrected chi connectivity index (χ2v) is 4.09. The molecule has 1 aromatic carbocycles. The number of hydrogen-bond donors (Lipinski definition) is 3. The summed E-state index contributed by atoms with van der Waals surface area (Å²) >= 11 is 0. The normalized spacial score (nSPS) is 11.4. The third kappa shape index (κ3) is 2.96. The molecule has 106 valence electrons. The third-order valence-electron chi connectivity index (χ3n) is 2.94. The number of aliphatic hydroxyl groups is 2. The second-order valence-electron chi connectivity index (χ2n) is 4.09. The molecule has 3 N–H and O–H groups in total. The van der Waals surface area contributed by atoms with Crippen LogP contribution in [0.2, 0.25) is 0 Å². The van der Waals surface area contributed by atoms with Crippen LogP contribution >= 0.6 is 0 Å². The number of nitrogens with zero attached hydrogens (tertiary/aromatic N) is 1. The van der Waals surface area contributed by atoms with Gasteiger partial charge in [-0.25, -0.2) is 8.78 Å². The fraction of sp³-hybridized carbons (Fsp3) is 0.455. The lowest BCUT2D eigenvalue weighted by Gasteiger charge is -2.30. The Hall–Kier alpha value is -1.80. The van der Waals surface area contributed by atoms with Gasteiger partial charge in [-0.2, -0.15) is 0 Å². The number of benzene rings is 1. The molecule has 1 rings (SSSR count). The van der Waals surface area contributed by atoms with Gasteiger partial charge in [0.1, 0.15) is 0 Å². The summed E-state index contributed by atoms with van der Waals surface area (Å²) < 4.78 is 26.8. The molecule has 0 atom stereocenters. The van der Waals surface area contributed by atoms with E-state index >= 15 is 0 Å². The average molecular weight is 276 g/mol. The van der Waals surface area contributed by atoms with Gasteiger partial charge in [0.15, 0.2) is 17.3 Å². The molecule has 1 aromatic rings. The monoisotopic (exact) mass is 276 g/mol. The van der Waals surface area contributed by atoms with Crippen molar-refractivity contribution in [2.24, 2.45) is 0 Å². The van der Waals surface area contributed by atoms with Crippen LogP contribution in [0.25, 0.3) is 0 Å². The third-order valence-corrected chi connectivity index (χ3v) is 2.94. The summed E-state index contributed by atoms with van der Waals surface area (Å²) in [5.41, 5.74) is -2.71. The Morgan fingerprint density at radius 2 is 1.95 bits per heavy atom. The highest BCUT2D eigenvalue weighted by Gasteiger charge is 2.32. The van der Waals surface area contributed by atoms with Crippen LogP contribution in [0, 0.1) is 21.7 Å². The van der Waals surface area contributed by atoms with Gasteiger partial charge in [0.25, 0.3) is 5.69 Å². The summed E-state index contributed by atoms with van der Waals surface area (Å²) in [7, 11) is 0. The van der Waals surface area contributed by atoms with Crippen molar-refractivity contribution in [2.45, 2.75) is 18.9 Å². The molecule has 0 amide bonds. The van der Waals surface area contributed by atoms with Crippen molar-refractivity contribution >= 4 is 11.4 Å². The first kappa shape index (κ1) is 15.3. The molecule has 0 saturated carbocycles. The van der Waals surface area contributed by atoms with Gasteiger partial charge in [0.05, 0.1) is 23.7 Å². The molecule has 0 radical (unpaired) electrons. The lowest BCUT2D eigenvalue weighted by atomic mass is 9.97. The van der Waals surface area contributed by atoms with E-state index in [-0.39, 0.29) is 6.42 Å². The standard InChI is InChI=1S/C11H14F2N2O4/c1-2-11(5-16,6-17)14-10-8(15(18)19)4-3-7(12)9(10)13/h3-4,14,16-17H,2,5-6H2,1H3. The van der Waals surface area contributed by atoms with Crippen LogP contribution < -0.4 is 5.32 Å². The summed E-state index contributed by atoms with van der Waals surface area (Å²) in [6, 6.07) is 1.46. The maximum Gasteiger partial charge on any atom is 0.295 e. The zero-order chi connectivity index (χ0) is 14.6. The van der Waals surface area contributed by atoms with Gasteiger partial charge in [-0.15, -0.1) is 0 Å². The van der Waals surface area contributed by atoms with E-state index in [0.29, 0.717) is 6.07 Å². The minimum absolute atomic E-state index is 0.160. The molecule has 19 heavy (non-hydrogen) atoms. The molecule has 0 saturated heterocycles. The van der Waals surface area contributed by atoms with Gasteiger partial charge in [-0.05, 0) is 12.5 Å². The first-order valence-electron chi connectivity index (χ1n) is 5.53. The highest BCUT2D eigenvalue weighted by atomic mass is 19.2. The van der Waals surface area contributed by atoms with Crippen LogP contribution in [0.1, 0.15) is 13.3 Å². The highest BCUT2D eigenvalue weighted by Crippen LogP contribution is 2.32. The van der Waals surface area contributed by atoms with Crippen LogP contribution in [0.5, 0.6) is 0 Å². The number of hydrogen-bond acceptors (Lipinski definition) is 5. The van der Waals surface area contributed by atoms with Crippen LogP contribution in [0.15, 0.2) is 12.1 Å². The molecule has 6 nitrogen and oxygen atoms in total. The quantitative estimate of drug-likeness (QED) is 0.539. The first-order chi connectivity index (χ1) is 8.90. The minimum atomic E-state index is -1.42. The molecular formula is C11H14F2N2O4. The second kappa shape index (κ2) is 5.89. The van der Waals surface area contributed by atoms with Crippen LogP contribution in [0.3, 0.4) is 0 Å². The minimum Gasteiger partial charge on any atom is -0.394 e. The molecule has 0 aromatic heterocycles. The number of rotatable bonds is 6. The first-order valence-corrected chi connectivity index (χ1v) is 5.53. The van der Waals surface area contributed by atoms with Crippen LogP contribution in [-0.4, -0.2) is 33.9 Å². The van der Waals surface area contributed by atoms with E-state index in [4.69, 9.17) is 0 Å². The van der Waals surface area contributed by atoms with Crippen LogP contribution in [0.4, 0.5) is 20.2 Å². The van der Waals surface area contributed by atoms with E-state index in [1.807, 2.05) is 0 Å². The Morgan fingerprint density at radius 3 is 2.37 bits per heavy atom. The van der Waals surface area contributed by atoms with Gasteiger partial charge in [0.2, 0.25) is 0 Å². The number of halogens is 2. The number of anilines is 1. The van der Waals surface area contributed by atoms with Gasteiger partial charge < -0.3 is 15.5 Å². The zero-order valence-corrected chi connectivity index (χ0v) is 10.2. The van der Waals surface area contributed by atoms with Gasteiger partial charge in [0, 0.05) is 6.07 Å². The Kier molecular flexibility index (Phi) is 4.73. The van der Waals surface area contributed by atoms with E-state index in [9.17, 15) is 29.1 Å². The van der Waals surface area contributed by atoms with E-state index in [1.165, 1.54) is 0 Å². The van der Waals surface area contributed by atoms with E-state index in [1.54, 1.807) is 6.92 Å². The highest BCUT2D eigenvalue weighted by molar-refractivity contribution is 5.63. The maximum absolute atomic E-state index is 13.7. The number of nitro groups is 1. The van der Waals surface area contributed by atoms with Crippen molar-refractivity contribution in [3.63, 3.8) is 0 Å². The lowest BCUT2D eigenvalue weighted by molar-refractivity contribution is -0.384. The summed E-state index contributed by atoms with van der Waals surface area (Å²) in [5.74, 6) is -2.68. The van der Waals surface area contributed by atoms with E-state index in [2.05, 4.69) is 5.32 Å². The van der Waals surface area contributed by atoms with Crippen molar-refractivity contribution in [3.8, 4) is 0 Å². The smallest absolute Gasteiger partial charge is 0.295 e. The Labute approximate surface area is 107 Å².